The van der Waals surface area contributed by atoms with Gasteiger partial charge in [-0.25, -0.2) is 4.68 Å². The van der Waals surface area contributed by atoms with E-state index in [9.17, 15) is 18.0 Å². The topological polar surface area (TPSA) is 51.0 Å². The molecular weight excluding hydrogens is 425 g/mol. The summed E-state index contributed by atoms with van der Waals surface area (Å²) in [6.45, 7) is 2.04. The Balaban J connectivity index is 1.85. The first-order valence-electron chi connectivity index (χ1n) is 8.58. The minimum Gasteiger partial charge on any atom is -0.308 e. The van der Waals surface area contributed by atoms with Crippen molar-refractivity contribution >= 4 is 35.0 Å². The van der Waals surface area contributed by atoms with Crippen molar-refractivity contribution in [3.05, 3.63) is 65.7 Å². The number of amides is 1. The predicted molar refractivity (Wildman–Crippen MR) is 106 cm³/mol. The Labute approximate surface area is 174 Å². The number of alkyl halides is 3. The van der Waals surface area contributed by atoms with Gasteiger partial charge in [0.25, 0.3) is 0 Å². The first kappa shape index (κ1) is 21.2. The molecule has 5 nitrogen and oxygen atoms in total. The fourth-order valence-electron chi connectivity index (χ4n) is 2.76. The van der Waals surface area contributed by atoms with Crippen molar-refractivity contribution in [3.63, 3.8) is 0 Å². The molecule has 0 saturated carbocycles. The summed E-state index contributed by atoms with van der Waals surface area (Å²) in [6, 6.07) is 9.50. The van der Waals surface area contributed by atoms with Crippen LogP contribution in [0.3, 0.4) is 0 Å². The average Bonchev–Trinajstić information content (AvgIpc) is 3.05. The lowest BCUT2D eigenvalue weighted by Gasteiger charge is -2.20. The molecule has 10 heteroatoms. The van der Waals surface area contributed by atoms with E-state index in [0.717, 1.165) is 0 Å². The van der Waals surface area contributed by atoms with Gasteiger partial charge in [0.2, 0.25) is 5.91 Å². The molecule has 3 rings (SSSR count). The smallest absolute Gasteiger partial charge is 0.308 e. The van der Waals surface area contributed by atoms with Gasteiger partial charge in [-0.3, -0.25) is 9.78 Å². The van der Waals surface area contributed by atoms with Gasteiger partial charge in [-0.1, -0.05) is 29.8 Å². The zero-order valence-electron chi connectivity index (χ0n) is 15.2. The first-order chi connectivity index (χ1) is 13.8. The Kier molecular flexibility index (Phi) is 6.49. The number of halogens is 4. The molecule has 29 heavy (non-hydrogen) atoms. The van der Waals surface area contributed by atoms with E-state index in [0.29, 0.717) is 16.9 Å². The summed E-state index contributed by atoms with van der Waals surface area (Å²) >= 11 is 6.00. The number of thioether (sulfide) groups is 1. The molecule has 1 amide bonds. The van der Waals surface area contributed by atoms with Gasteiger partial charge in [0.15, 0.2) is 5.15 Å². The van der Waals surface area contributed by atoms with E-state index < -0.39 is 5.51 Å². The van der Waals surface area contributed by atoms with Crippen LogP contribution >= 0.6 is 23.4 Å². The molecule has 0 unspecified atom stereocenters. The fourth-order valence-corrected chi connectivity index (χ4v) is 3.66. The lowest BCUT2D eigenvalue weighted by molar-refractivity contribution is -0.118. The average molecular weight is 441 g/mol. The molecule has 152 valence electrons. The van der Waals surface area contributed by atoms with Crippen LogP contribution in [0.4, 0.5) is 18.9 Å². The summed E-state index contributed by atoms with van der Waals surface area (Å²) < 4.78 is 39.9. The van der Waals surface area contributed by atoms with Crippen LogP contribution in [0, 0.1) is 0 Å². The number of carbonyl (C=O) groups excluding carboxylic acids is 1. The van der Waals surface area contributed by atoms with E-state index >= 15 is 0 Å². The van der Waals surface area contributed by atoms with Crippen molar-refractivity contribution in [2.75, 3.05) is 11.4 Å². The third kappa shape index (κ3) is 5.30. The maximum atomic E-state index is 12.9. The minimum absolute atomic E-state index is 0.00144. The molecule has 2 aromatic heterocycles. The minimum atomic E-state index is -4.43. The summed E-state index contributed by atoms with van der Waals surface area (Å²) in [4.78, 5) is 18.3. The lowest BCUT2D eigenvalue weighted by atomic mass is 10.1. The number of likely N-dealkylation sites (N-methyl/N-ethyl adjacent to an activating group) is 1. The number of anilines is 1. The van der Waals surface area contributed by atoms with Crippen LogP contribution in [0.5, 0.6) is 0 Å². The van der Waals surface area contributed by atoms with Crippen molar-refractivity contribution in [2.24, 2.45) is 0 Å². The van der Waals surface area contributed by atoms with Crippen LogP contribution in [0.15, 0.2) is 59.9 Å². The van der Waals surface area contributed by atoms with Crippen molar-refractivity contribution in [1.29, 1.82) is 0 Å². The molecule has 0 aliphatic carbocycles. The van der Waals surface area contributed by atoms with Crippen molar-refractivity contribution in [3.8, 4) is 5.69 Å². The first-order valence-corrected chi connectivity index (χ1v) is 9.77. The van der Waals surface area contributed by atoms with Crippen LogP contribution < -0.4 is 4.90 Å². The molecule has 0 spiro atoms. The molecule has 2 heterocycles. The lowest BCUT2D eigenvalue weighted by Crippen LogP contribution is -2.32. The second-order valence-corrected chi connectivity index (χ2v) is 7.40. The Morgan fingerprint density at radius 3 is 2.66 bits per heavy atom. The van der Waals surface area contributed by atoms with Crippen LogP contribution in [-0.4, -0.2) is 32.7 Å². The van der Waals surface area contributed by atoms with Crippen molar-refractivity contribution in [2.45, 2.75) is 23.7 Å². The van der Waals surface area contributed by atoms with Gasteiger partial charge >= 0.3 is 5.51 Å². The molecular formula is C19H16ClF3N4OS. The van der Waals surface area contributed by atoms with E-state index in [1.54, 1.807) is 43.7 Å². The van der Waals surface area contributed by atoms with Crippen LogP contribution in [0.1, 0.15) is 12.5 Å². The number of rotatable bonds is 6. The van der Waals surface area contributed by atoms with Gasteiger partial charge in [0.1, 0.15) is 5.69 Å². The van der Waals surface area contributed by atoms with E-state index in [1.165, 1.54) is 27.8 Å². The van der Waals surface area contributed by atoms with Gasteiger partial charge in [0.05, 0.1) is 24.5 Å². The van der Waals surface area contributed by atoms with E-state index in [2.05, 4.69) is 10.1 Å². The fraction of sp³-hybridized carbons (Fsp3) is 0.211. The molecule has 1 aromatic carbocycles. The molecule has 0 aliphatic rings. The Morgan fingerprint density at radius 2 is 2.00 bits per heavy atom. The summed E-state index contributed by atoms with van der Waals surface area (Å²) in [5.41, 5.74) is -3.09. The molecule has 0 radical (unpaired) electrons. The summed E-state index contributed by atoms with van der Waals surface area (Å²) in [6.07, 6.45) is 4.61. The molecule has 0 fully saturated rings. The van der Waals surface area contributed by atoms with E-state index in [4.69, 9.17) is 11.6 Å². The maximum absolute atomic E-state index is 12.9. The number of hydrogen-bond donors (Lipinski definition) is 0. The normalized spacial score (nSPS) is 11.5. The Hall–Kier alpha value is -2.52. The number of pyridine rings is 1. The van der Waals surface area contributed by atoms with Gasteiger partial charge < -0.3 is 4.90 Å². The zero-order chi connectivity index (χ0) is 21.0. The quantitative estimate of drug-likeness (QED) is 0.499. The monoisotopic (exact) mass is 440 g/mol. The maximum Gasteiger partial charge on any atom is 0.446 e. The molecule has 0 saturated heterocycles. The largest absolute Gasteiger partial charge is 0.446 e. The SMILES string of the molecule is CCN(C(=O)Cc1ccccc1SC(F)(F)F)c1cn(-c2cccnc2)nc1Cl. The number of carbonyl (C=O) groups is 1. The highest BCUT2D eigenvalue weighted by Crippen LogP contribution is 2.38. The summed E-state index contributed by atoms with van der Waals surface area (Å²) in [5.74, 6) is -0.379. The highest BCUT2D eigenvalue weighted by atomic mass is 35.5. The van der Waals surface area contributed by atoms with Crippen molar-refractivity contribution < 1.29 is 18.0 Å². The predicted octanol–water partition coefficient (Wildman–Crippen LogP) is 5.13. The molecule has 3 aromatic rings. The van der Waals surface area contributed by atoms with Gasteiger partial charge in [-0.2, -0.15) is 18.3 Å². The van der Waals surface area contributed by atoms with Crippen LogP contribution in [0.2, 0.25) is 5.15 Å². The number of nitrogens with zero attached hydrogens (tertiary/aromatic N) is 4. The highest BCUT2D eigenvalue weighted by molar-refractivity contribution is 8.00. The number of benzene rings is 1. The third-order valence-electron chi connectivity index (χ3n) is 4.01. The number of aromatic nitrogens is 3. The van der Waals surface area contributed by atoms with E-state index in [-0.39, 0.29) is 40.7 Å². The summed E-state index contributed by atoms with van der Waals surface area (Å²) in [5, 5.41) is 4.31. The van der Waals surface area contributed by atoms with Gasteiger partial charge in [0, 0.05) is 17.6 Å². The Bertz CT molecular complexity index is 995. The van der Waals surface area contributed by atoms with E-state index in [1.807, 2.05) is 0 Å². The Morgan fingerprint density at radius 1 is 1.24 bits per heavy atom. The standard InChI is InChI=1S/C19H16ClF3N4OS/c1-2-26(15-12-27(25-18(15)20)14-7-5-9-24-11-14)17(28)10-13-6-3-4-8-16(13)29-19(21,22)23/h3-9,11-12H,2,10H2,1H3. The van der Waals surface area contributed by atoms with Gasteiger partial charge in [-0.05, 0) is 42.4 Å². The second-order valence-electron chi connectivity index (χ2n) is 5.93. The molecule has 0 aliphatic heterocycles. The molecule has 0 N–H and O–H groups in total. The highest BCUT2D eigenvalue weighted by Gasteiger charge is 2.31. The van der Waals surface area contributed by atoms with Gasteiger partial charge in [-0.15, -0.1) is 0 Å². The van der Waals surface area contributed by atoms with Crippen LogP contribution in [-0.2, 0) is 11.2 Å². The van der Waals surface area contributed by atoms with Crippen molar-refractivity contribution in [1.82, 2.24) is 14.8 Å². The second kappa shape index (κ2) is 8.87. The zero-order valence-corrected chi connectivity index (χ0v) is 16.8. The number of hydrogen-bond acceptors (Lipinski definition) is 4. The van der Waals surface area contributed by atoms with Crippen LogP contribution in [0.25, 0.3) is 5.69 Å². The summed E-state index contributed by atoms with van der Waals surface area (Å²) in [7, 11) is 0. The third-order valence-corrected chi connectivity index (χ3v) is 5.13. The molecule has 0 bridgehead atoms. The molecule has 0 atom stereocenters.